The first-order valence-corrected chi connectivity index (χ1v) is 23.5. The maximum absolute atomic E-state index is 5.52. The summed E-state index contributed by atoms with van der Waals surface area (Å²) in [5, 5.41) is 0. The normalized spacial score (nSPS) is 17.6. The summed E-state index contributed by atoms with van der Waals surface area (Å²) in [6, 6.07) is 84.5. The van der Waals surface area contributed by atoms with Crippen LogP contribution in [0.4, 0.5) is 23.0 Å². The fourth-order valence-electron chi connectivity index (χ4n) is 11.1. The van der Waals surface area contributed by atoms with Crippen molar-refractivity contribution in [2.75, 3.05) is 9.80 Å². The Bertz CT molecular complexity index is 3420. The third kappa shape index (κ3) is 6.66. The van der Waals surface area contributed by atoms with Crippen LogP contribution in [-0.2, 0) is 0 Å². The molecule has 0 saturated carbocycles. The van der Waals surface area contributed by atoms with Gasteiger partial charge in [0.15, 0.2) is 11.6 Å². The monoisotopic (exact) mass is 871 g/mol. The van der Waals surface area contributed by atoms with Crippen molar-refractivity contribution in [2.45, 2.75) is 23.9 Å². The molecule has 1 aromatic heterocycles. The first kappa shape index (κ1) is 39.7. The van der Waals surface area contributed by atoms with E-state index in [9.17, 15) is 0 Å². The second kappa shape index (κ2) is 16.6. The van der Waals surface area contributed by atoms with Gasteiger partial charge in [-0.3, -0.25) is 0 Å². The van der Waals surface area contributed by atoms with Crippen LogP contribution in [0.1, 0.15) is 23.0 Å². The molecule has 5 nitrogen and oxygen atoms in total. The molecule has 9 aromatic carbocycles. The molecule has 0 bridgehead atoms. The van der Waals surface area contributed by atoms with E-state index in [1.165, 1.54) is 61.4 Å². The minimum atomic E-state index is -0.0852. The highest BCUT2D eigenvalue weighted by Gasteiger charge is 2.54. The smallest absolute Gasteiger partial charge is 0.234 e. The van der Waals surface area contributed by atoms with E-state index in [1.54, 1.807) is 0 Å². The zero-order valence-corrected chi connectivity index (χ0v) is 37.2. The van der Waals surface area contributed by atoms with Gasteiger partial charge in [0, 0.05) is 45.5 Å². The SMILES string of the molecule is C1=CC2c3ccccc3N(c3c(-c4ccccc4)cccc3-c3ccccc3)C2C2C1c1ccccc1N2c1nc(-c2ccccc2)nc(-c2ccc(-c3ccccc3-c3ccccc3)cc2)n1. The van der Waals surface area contributed by atoms with Gasteiger partial charge in [-0.05, 0) is 56.6 Å². The van der Waals surface area contributed by atoms with Crippen LogP contribution in [0.25, 0.3) is 67.3 Å². The molecule has 0 fully saturated rings. The first-order chi connectivity index (χ1) is 33.8. The van der Waals surface area contributed by atoms with Gasteiger partial charge in [-0.2, -0.15) is 9.97 Å². The maximum Gasteiger partial charge on any atom is 0.234 e. The predicted octanol–water partition coefficient (Wildman–Crippen LogP) is 15.4. The Hall–Kier alpha value is -8.67. The molecule has 0 N–H and O–H groups in total. The highest BCUT2D eigenvalue weighted by atomic mass is 15.4. The van der Waals surface area contributed by atoms with E-state index in [2.05, 4.69) is 252 Å². The number of anilines is 4. The van der Waals surface area contributed by atoms with Gasteiger partial charge in [0.25, 0.3) is 0 Å². The molecule has 3 aliphatic rings. The summed E-state index contributed by atoms with van der Waals surface area (Å²) in [7, 11) is 0. The Morgan fingerprint density at radius 2 is 0.632 bits per heavy atom. The summed E-state index contributed by atoms with van der Waals surface area (Å²) < 4.78 is 0. The van der Waals surface area contributed by atoms with Crippen molar-refractivity contribution in [3.63, 3.8) is 0 Å². The molecular formula is C63H45N5. The summed E-state index contributed by atoms with van der Waals surface area (Å²) in [4.78, 5) is 21.4. The van der Waals surface area contributed by atoms with E-state index in [0.717, 1.165) is 22.4 Å². The van der Waals surface area contributed by atoms with Crippen LogP contribution in [0.3, 0.4) is 0 Å². The average molecular weight is 872 g/mol. The van der Waals surface area contributed by atoms with Crippen molar-refractivity contribution < 1.29 is 0 Å². The Labute approximate surface area is 397 Å². The van der Waals surface area contributed by atoms with E-state index < -0.39 is 0 Å². The second-order valence-corrected chi connectivity index (χ2v) is 17.8. The second-order valence-electron chi connectivity index (χ2n) is 17.8. The molecule has 0 amide bonds. The number of para-hydroxylation sites is 3. The molecule has 1 aliphatic carbocycles. The summed E-state index contributed by atoms with van der Waals surface area (Å²) in [5.74, 6) is 2.07. The summed E-state index contributed by atoms with van der Waals surface area (Å²) in [5.41, 5.74) is 17.4. The van der Waals surface area contributed by atoms with Crippen molar-refractivity contribution in [3.8, 4) is 67.3 Å². The van der Waals surface area contributed by atoms with Crippen molar-refractivity contribution in [3.05, 3.63) is 260 Å². The summed E-state index contributed by atoms with van der Waals surface area (Å²) >= 11 is 0. The zero-order valence-electron chi connectivity index (χ0n) is 37.2. The lowest BCUT2D eigenvalue weighted by Crippen LogP contribution is -2.51. The van der Waals surface area contributed by atoms with Crippen LogP contribution in [0.5, 0.6) is 0 Å². The lowest BCUT2D eigenvalue weighted by Gasteiger charge is -2.43. The van der Waals surface area contributed by atoms with E-state index in [0.29, 0.717) is 17.6 Å². The molecule has 10 aromatic rings. The fraction of sp³-hybridized carbons (Fsp3) is 0.0635. The molecule has 68 heavy (non-hydrogen) atoms. The van der Waals surface area contributed by atoms with Gasteiger partial charge in [0.2, 0.25) is 5.95 Å². The van der Waals surface area contributed by atoms with Crippen molar-refractivity contribution in [1.29, 1.82) is 0 Å². The molecular weight excluding hydrogens is 827 g/mol. The molecule has 322 valence electrons. The lowest BCUT2D eigenvalue weighted by atomic mass is 9.77. The summed E-state index contributed by atoms with van der Waals surface area (Å²) in [6.07, 6.45) is 4.93. The number of nitrogens with zero attached hydrogens (tertiary/aromatic N) is 5. The van der Waals surface area contributed by atoms with Crippen LogP contribution in [0.2, 0.25) is 0 Å². The van der Waals surface area contributed by atoms with Gasteiger partial charge < -0.3 is 9.80 Å². The molecule has 2 aliphatic heterocycles. The van der Waals surface area contributed by atoms with Gasteiger partial charge in [-0.25, -0.2) is 4.98 Å². The molecule has 0 spiro atoms. The summed E-state index contributed by atoms with van der Waals surface area (Å²) in [6.45, 7) is 0. The van der Waals surface area contributed by atoms with Crippen LogP contribution in [0, 0.1) is 0 Å². The molecule has 5 heteroatoms. The zero-order chi connectivity index (χ0) is 45.0. The maximum atomic E-state index is 5.52. The number of hydrogen-bond acceptors (Lipinski definition) is 5. The average Bonchev–Trinajstić information content (AvgIpc) is 3.94. The Kier molecular flexibility index (Phi) is 9.71. The highest BCUT2D eigenvalue weighted by molar-refractivity contribution is 5.96. The lowest BCUT2D eigenvalue weighted by molar-refractivity contribution is 0.460. The van der Waals surface area contributed by atoms with E-state index in [1.807, 2.05) is 6.07 Å². The quantitative estimate of drug-likeness (QED) is 0.142. The number of hydrogen-bond donors (Lipinski definition) is 0. The van der Waals surface area contributed by atoms with E-state index in [-0.39, 0.29) is 23.9 Å². The number of benzene rings is 9. The van der Waals surface area contributed by atoms with Crippen LogP contribution in [-0.4, -0.2) is 27.0 Å². The number of fused-ring (bicyclic) bond motifs is 7. The minimum Gasteiger partial charge on any atom is -0.334 e. The van der Waals surface area contributed by atoms with E-state index >= 15 is 0 Å². The number of aromatic nitrogens is 3. The van der Waals surface area contributed by atoms with Gasteiger partial charge in [0.1, 0.15) is 0 Å². The van der Waals surface area contributed by atoms with Crippen LogP contribution in [0.15, 0.2) is 249 Å². The standard InChI is InChI=1S/C63H45N5/c1-5-20-42(21-6-1)48-28-13-14-29-49(48)45-36-38-47(39-37-45)62-64-61(46-26-11-4-12-27-46)65-63(66-62)68-57-35-18-16-31-53(57)55-41-40-54-52-30-15-17-34-56(52)67(59(54)60(55)68)58-50(43-22-7-2-8-23-43)32-19-33-51(58)44-24-9-3-10-25-44/h1-41,54-55,59-60H. The van der Waals surface area contributed by atoms with Gasteiger partial charge in [-0.1, -0.05) is 237 Å². The van der Waals surface area contributed by atoms with Crippen molar-refractivity contribution >= 4 is 23.0 Å². The minimum absolute atomic E-state index is 0.0357. The van der Waals surface area contributed by atoms with Crippen LogP contribution >= 0.6 is 0 Å². The van der Waals surface area contributed by atoms with Crippen LogP contribution < -0.4 is 9.80 Å². The van der Waals surface area contributed by atoms with Crippen molar-refractivity contribution in [2.24, 2.45) is 0 Å². The van der Waals surface area contributed by atoms with Gasteiger partial charge in [0.05, 0.1) is 17.8 Å². The molecule has 0 radical (unpaired) electrons. The van der Waals surface area contributed by atoms with Gasteiger partial charge >= 0.3 is 0 Å². The van der Waals surface area contributed by atoms with Gasteiger partial charge in [-0.15, -0.1) is 0 Å². The molecule has 3 heterocycles. The molecule has 13 rings (SSSR count). The third-order valence-electron chi connectivity index (χ3n) is 14.1. The molecule has 4 atom stereocenters. The Morgan fingerprint density at radius 1 is 0.279 bits per heavy atom. The highest BCUT2D eigenvalue weighted by Crippen LogP contribution is 2.59. The fourth-order valence-corrected chi connectivity index (χ4v) is 11.1. The third-order valence-corrected chi connectivity index (χ3v) is 14.1. The Morgan fingerprint density at radius 3 is 1.15 bits per heavy atom. The van der Waals surface area contributed by atoms with E-state index in [4.69, 9.17) is 15.0 Å². The topological polar surface area (TPSA) is 45.2 Å². The molecule has 0 saturated heterocycles. The van der Waals surface area contributed by atoms with Crippen molar-refractivity contribution in [1.82, 2.24) is 15.0 Å². The number of rotatable bonds is 8. The Balaban J connectivity index is 0.999. The molecule has 4 unspecified atom stereocenters. The largest absolute Gasteiger partial charge is 0.334 e. The predicted molar refractivity (Wildman–Crippen MR) is 278 cm³/mol. The first-order valence-electron chi connectivity index (χ1n) is 23.5.